The predicted octanol–water partition coefficient (Wildman–Crippen LogP) is 0.926. The molecule has 7 nitrogen and oxygen atoms in total. The van der Waals surface area contributed by atoms with E-state index in [2.05, 4.69) is 20.4 Å². The molecule has 1 N–H and O–H groups in total. The standard InChI is InChI=1S/C13H19N5O2/c1-5-14-11(9-6-7-18(2)17-9)12-13(20-4)16-10(19-3)8-15-12/h6-8,11,14H,5H2,1-4H3. The van der Waals surface area contributed by atoms with Gasteiger partial charge in [0.1, 0.15) is 5.69 Å². The molecule has 2 aromatic heterocycles. The van der Waals surface area contributed by atoms with Gasteiger partial charge in [-0.1, -0.05) is 6.92 Å². The molecule has 0 saturated heterocycles. The second-order valence-electron chi connectivity index (χ2n) is 4.21. The predicted molar refractivity (Wildman–Crippen MR) is 73.9 cm³/mol. The Kier molecular flexibility index (Phi) is 4.52. The van der Waals surface area contributed by atoms with E-state index in [1.165, 1.54) is 0 Å². The molecule has 0 saturated carbocycles. The van der Waals surface area contributed by atoms with Crippen molar-refractivity contribution in [2.24, 2.45) is 7.05 Å². The van der Waals surface area contributed by atoms with Gasteiger partial charge in [-0.25, -0.2) is 4.98 Å². The molecule has 0 amide bonds. The summed E-state index contributed by atoms with van der Waals surface area (Å²) in [6.07, 6.45) is 3.47. The summed E-state index contributed by atoms with van der Waals surface area (Å²) < 4.78 is 12.1. The Balaban J connectivity index is 2.43. The third kappa shape index (κ3) is 2.88. The summed E-state index contributed by atoms with van der Waals surface area (Å²) in [7, 11) is 4.99. The zero-order chi connectivity index (χ0) is 14.5. The second-order valence-corrected chi connectivity index (χ2v) is 4.21. The molecule has 0 fully saturated rings. The number of aryl methyl sites for hydroxylation is 1. The van der Waals surface area contributed by atoms with Gasteiger partial charge in [0.25, 0.3) is 0 Å². The van der Waals surface area contributed by atoms with E-state index in [4.69, 9.17) is 9.47 Å². The van der Waals surface area contributed by atoms with Crippen LogP contribution in [0, 0.1) is 0 Å². The molecule has 108 valence electrons. The normalized spacial score (nSPS) is 12.2. The molecular formula is C13H19N5O2. The van der Waals surface area contributed by atoms with Gasteiger partial charge in [0.15, 0.2) is 0 Å². The van der Waals surface area contributed by atoms with E-state index >= 15 is 0 Å². The number of aromatic nitrogens is 4. The number of nitrogens with one attached hydrogen (secondary N) is 1. The Labute approximate surface area is 118 Å². The summed E-state index contributed by atoms with van der Waals surface area (Å²) in [4.78, 5) is 8.66. The molecule has 0 bridgehead atoms. The van der Waals surface area contributed by atoms with Gasteiger partial charge in [-0.3, -0.25) is 4.68 Å². The van der Waals surface area contributed by atoms with Crippen molar-refractivity contribution in [3.8, 4) is 11.8 Å². The zero-order valence-corrected chi connectivity index (χ0v) is 12.1. The Hall–Kier alpha value is -2.15. The molecule has 0 spiro atoms. The lowest BCUT2D eigenvalue weighted by Gasteiger charge is -2.17. The molecule has 2 heterocycles. The summed E-state index contributed by atoms with van der Waals surface area (Å²) in [5, 5.41) is 7.77. The molecular weight excluding hydrogens is 258 g/mol. The fourth-order valence-electron chi connectivity index (χ4n) is 1.95. The van der Waals surface area contributed by atoms with Crippen LogP contribution in [0.2, 0.25) is 0 Å². The van der Waals surface area contributed by atoms with Crippen molar-refractivity contribution >= 4 is 0 Å². The van der Waals surface area contributed by atoms with Gasteiger partial charge in [0.2, 0.25) is 11.8 Å². The van der Waals surface area contributed by atoms with Crippen LogP contribution in [-0.2, 0) is 7.05 Å². The van der Waals surface area contributed by atoms with Crippen molar-refractivity contribution < 1.29 is 9.47 Å². The van der Waals surface area contributed by atoms with Crippen LogP contribution in [0.15, 0.2) is 18.5 Å². The molecule has 0 aliphatic heterocycles. The van der Waals surface area contributed by atoms with Crippen LogP contribution < -0.4 is 14.8 Å². The average molecular weight is 277 g/mol. The molecule has 0 aromatic carbocycles. The summed E-state index contributed by atoms with van der Waals surface area (Å²) >= 11 is 0. The molecule has 0 aliphatic carbocycles. The molecule has 2 aromatic rings. The maximum Gasteiger partial charge on any atom is 0.240 e. The van der Waals surface area contributed by atoms with Gasteiger partial charge < -0.3 is 14.8 Å². The van der Waals surface area contributed by atoms with Crippen LogP contribution in [-0.4, -0.2) is 40.5 Å². The van der Waals surface area contributed by atoms with E-state index in [9.17, 15) is 0 Å². The van der Waals surface area contributed by atoms with Crippen molar-refractivity contribution in [2.75, 3.05) is 20.8 Å². The topological polar surface area (TPSA) is 74.1 Å². The molecule has 0 radical (unpaired) electrons. The quantitative estimate of drug-likeness (QED) is 0.846. The van der Waals surface area contributed by atoms with Crippen molar-refractivity contribution in [2.45, 2.75) is 13.0 Å². The van der Waals surface area contributed by atoms with Crippen LogP contribution in [0.5, 0.6) is 11.8 Å². The summed E-state index contributed by atoms with van der Waals surface area (Å²) in [5.41, 5.74) is 1.56. The third-order valence-electron chi connectivity index (χ3n) is 2.86. The van der Waals surface area contributed by atoms with E-state index in [0.717, 1.165) is 12.2 Å². The maximum atomic E-state index is 5.32. The summed E-state index contributed by atoms with van der Waals surface area (Å²) in [6, 6.07) is 1.77. The first-order valence-electron chi connectivity index (χ1n) is 6.37. The molecule has 20 heavy (non-hydrogen) atoms. The number of methoxy groups -OCH3 is 2. The minimum absolute atomic E-state index is 0.172. The van der Waals surface area contributed by atoms with Gasteiger partial charge in [-0.15, -0.1) is 0 Å². The first-order valence-corrected chi connectivity index (χ1v) is 6.37. The van der Waals surface area contributed by atoms with Crippen LogP contribution in [0.1, 0.15) is 24.4 Å². The number of rotatable bonds is 6. The Morgan fingerprint density at radius 2 is 2.15 bits per heavy atom. The van der Waals surface area contributed by atoms with Gasteiger partial charge in [-0.2, -0.15) is 10.1 Å². The average Bonchev–Trinajstić information content (AvgIpc) is 2.90. The van der Waals surface area contributed by atoms with Gasteiger partial charge in [-0.05, 0) is 12.6 Å². The molecule has 1 atom stereocenters. The lowest BCUT2D eigenvalue weighted by Crippen LogP contribution is -2.24. The van der Waals surface area contributed by atoms with Crippen molar-refractivity contribution in [1.82, 2.24) is 25.1 Å². The highest BCUT2D eigenvalue weighted by Gasteiger charge is 2.22. The van der Waals surface area contributed by atoms with Crippen LogP contribution in [0.25, 0.3) is 0 Å². The van der Waals surface area contributed by atoms with Crippen molar-refractivity contribution in [3.63, 3.8) is 0 Å². The van der Waals surface area contributed by atoms with Gasteiger partial charge in [0, 0.05) is 13.2 Å². The van der Waals surface area contributed by atoms with Gasteiger partial charge >= 0.3 is 0 Å². The van der Waals surface area contributed by atoms with Crippen LogP contribution in [0.4, 0.5) is 0 Å². The number of hydrogen-bond donors (Lipinski definition) is 1. The highest BCUT2D eigenvalue weighted by atomic mass is 16.5. The number of hydrogen-bond acceptors (Lipinski definition) is 6. The maximum absolute atomic E-state index is 5.32. The first-order chi connectivity index (χ1) is 9.69. The second kappa shape index (κ2) is 6.33. The largest absolute Gasteiger partial charge is 0.480 e. The fourth-order valence-corrected chi connectivity index (χ4v) is 1.95. The van der Waals surface area contributed by atoms with Crippen molar-refractivity contribution in [3.05, 3.63) is 29.8 Å². The Bertz CT molecular complexity index is 570. The summed E-state index contributed by atoms with van der Waals surface area (Å²) in [6.45, 7) is 2.80. The van der Waals surface area contributed by atoms with E-state index in [1.54, 1.807) is 25.1 Å². The Morgan fingerprint density at radius 3 is 2.70 bits per heavy atom. The van der Waals surface area contributed by atoms with E-state index in [-0.39, 0.29) is 6.04 Å². The highest BCUT2D eigenvalue weighted by molar-refractivity contribution is 5.31. The van der Waals surface area contributed by atoms with E-state index in [0.29, 0.717) is 17.5 Å². The third-order valence-corrected chi connectivity index (χ3v) is 2.86. The van der Waals surface area contributed by atoms with Crippen LogP contribution in [0.3, 0.4) is 0 Å². The number of nitrogens with zero attached hydrogens (tertiary/aromatic N) is 4. The molecule has 7 heteroatoms. The Morgan fingerprint density at radius 1 is 1.35 bits per heavy atom. The minimum Gasteiger partial charge on any atom is -0.480 e. The fraction of sp³-hybridized carbons (Fsp3) is 0.462. The van der Waals surface area contributed by atoms with E-state index < -0.39 is 0 Å². The highest BCUT2D eigenvalue weighted by Crippen LogP contribution is 2.27. The first kappa shape index (κ1) is 14.3. The van der Waals surface area contributed by atoms with Crippen LogP contribution >= 0.6 is 0 Å². The van der Waals surface area contributed by atoms with E-state index in [1.807, 2.05) is 26.2 Å². The summed E-state index contributed by atoms with van der Waals surface area (Å²) in [5.74, 6) is 0.850. The zero-order valence-electron chi connectivity index (χ0n) is 12.1. The van der Waals surface area contributed by atoms with Gasteiger partial charge in [0.05, 0.1) is 32.2 Å². The number of ether oxygens (including phenoxy) is 2. The lowest BCUT2D eigenvalue weighted by molar-refractivity contribution is 0.352. The molecule has 0 aliphatic rings. The smallest absolute Gasteiger partial charge is 0.240 e. The lowest BCUT2D eigenvalue weighted by atomic mass is 10.1. The SMILES string of the molecule is CCNC(c1ccn(C)n1)c1ncc(OC)nc1OC. The van der Waals surface area contributed by atoms with Crippen molar-refractivity contribution in [1.29, 1.82) is 0 Å². The molecule has 2 rings (SSSR count). The monoisotopic (exact) mass is 277 g/mol. The minimum atomic E-state index is -0.172. The molecule has 1 unspecified atom stereocenters.